The summed E-state index contributed by atoms with van der Waals surface area (Å²) in [5, 5.41) is 3.23. The minimum absolute atomic E-state index is 0. The van der Waals surface area contributed by atoms with E-state index in [1.807, 2.05) is 10.6 Å². The van der Waals surface area contributed by atoms with E-state index in [-0.39, 0.29) is 38.9 Å². The van der Waals surface area contributed by atoms with Crippen LogP contribution in [-0.4, -0.2) is 32.2 Å². The molecule has 1 N–H and O–H groups in total. The Morgan fingerprint density at radius 3 is 2.96 bits per heavy atom. The molecule has 1 saturated heterocycles. The van der Waals surface area contributed by atoms with Gasteiger partial charge in [-0.25, -0.2) is 34.0 Å². The summed E-state index contributed by atoms with van der Waals surface area (Å²) >= 11 is 0. The number of ether oxygens (including phenoxy) is 1. The van der Waals surface area contributed by atoms with E-state index in [1.165, 1.54) is 0 Å². The van der Waals surface area contributed by atoms with Crippen LogP contribution >= 0.6 is 0 Å². The maximum Gasteiger partial charge on any atom is 0.167 e. The number of anilines is 1. The van der Waals surface area contributed by atoms with Crippen molar-refractivity contribution in [3.63, 3.8) is 0 Å². The van der Waals surface area contributed by atoms with E-state index in [1.54, 1.807) is 18.7 Å². The van der Waals surface area contributed by atoms with Crippen LogP contribution in [0.5, 0.6) is 0 Å². The second-order valence-electron chi connectivity index (χ2n) is 5.65. The van der Waals surface area contributed by atoms with E-state index in [0.29, 0.717) is 18.6 Å². The summed E-state index contributed by atoms with van der Waals surface area (Å²) in [5.41, 5.74) is 1.58. The van der Waals surface area contributed by atoms with Gasteiger partial charge in [-0.1, -0.05) is 13.8 Å². The van der Waals surface area contributed by atoms with Crippen molar-refractivity contribution in [3.05, 3.63) is 31.7 Å². The van der Waals surface area contributed by atoms with Crippen molar-refractivity contribution in [2.24, 2.45) is 5.92 Å². The van der Waals surface area contributed by atoms with Gasteiger partial charge in [0.05, 0.1) is 12.4 Å². The summed E-state index contributed by atoms with van der Waals surface area (Å²) in [6.07, 6.45) is 9.38. The van der Waals surface area contributed by atoms with Crippen molar-refractivity contribution in [3.8, 4) is 0 Å². The van der Waals surface area contributed by atoms with E-state index in [9.17, 15) is 0 Å². The predicted octanol–water partition coefficient (Wildman–Crippen LogP) is 2.96. The van der Waals surface area contributed by atoms with E-state index in [2.05, 4.69) is 41.0 Å². The summed E-state index contributed by atoms with van der Waals surface area (Å²) in [5.74, 6) is 1.29. The van der Waals surface area contributed by atoms with Gasteiger partial charge in [-0.3, -0.25) is 4.57 Å². The average Bonchev–Trinajstić information content (AvgIpc) is 3.11. The third-order valence-corrected chi connectivity index (χ3v) is 4.17. The van der Waals surface area contributed by atoms with E-state index in [0.717, 1.165) is 29.8 Å². The van der Waals surface area contributed by atoms with Crippen molar-refractivity contribution in [2.75, 3.05) is 11.9 Å². The van der Waals surface area contributed by atoms with Gasteiger partial charge >= 0.3 is 0 Å². The van der Waals surface area contributed by atoms with Crippen molar-refractivity contribution >= 4 is 17.0 Å². The number of nitrogens with one attached hydrogen (secondary N) is 1. The molecule has 1 aliphatic rings. The minimum atomic E-state index is 0. The van der Waals surface area contributed by atoms with Crippen LogP contribution in [0.2, 0.25) is 0 Å². The first-order chi connectivity index (χ1) is 10.7. The van der Waals surface area contributed by atoms with Gasteiger partial charge in [0.2, 0.25) is 0 Å². The van der Waals surface area contributed by atoms with Gasteiger partial charge in [-0.2, -0.15) is 0 Å². The fraction of sp³-hybridized carbons (Fsp3) is 0.500. The van der Waals surface area contributed by atoms with Crippen LogP contribution in [0.1, 0.15) is 32.9 Å². The molecular formula is C16H22N5OY-. The van der Waals surface area contributed by atoms with Gasteiger partial charge in [0.25, 0.3) is 0 Å². The molecule has 121 valence electrons. The Kier molecular flexibility index (Phi) is 6.56. The van der Waals surface area contributed by atoms with E-state index >= 15 is 0 Å². The average molecular weight is 389 g/mol. The molecule has 3 atom stereocenters. The molecule has 0 spiro atoms. The smallest absolute Gasteiger partial charge is 0.167 e. The number of nitrogens with zero attached hydrogens (tertiary/aromatic N) is 4. The zero-order valence-corrected chi connectivity index (χ0v) is 16.5. The number of allylic oxidation sites excluding steroid dienone is 1. The fourth-order valence-corrected chi connectivity index (χ4v) is 2.97. The number of imidazole rings is 1. The molecular weight excluding hydrogens is 367 g/mol. The molecule has 2 aromatic rings. The maximum absolute atomic E-state index is 6.14. The summed E-state index contributed by atoms with van der Waals surface area (Å²) < 4.78 is 8.16. The molecule has 2 aromatic heterocycles. The number of fused-ring (bicyclic) bond motifs is 1. The van der Waals surface area contributed by atoms with Crippen LogP contribution in [0.3, 0.4) is 0 Å². The Balaban J connectivity index is 0.00000192. The van der Waals surface area contributed by atoms with Crippen LogP contribution in [-0.2, 0) is 37.4 Å². The quantitative estimate of drug-likeness (QED) is 0.797. The molecule has 7 heteroatoms. The van der Waals surface area contributed by atoms with Gasteiger partial charge in [0.1, 0.15) is 18.1 Å². The van der Waals surface area contributed by atoms with Crippen molar-refractivity contribution in [1.82, 2.24) is 19.5 Å². The molecule has 6 nitrogen and oxygen atoms in total. The zero-order chi connectivity index (χ0) is 15.5. The SMILES string of the molecule is [CH2-]/C=C/CNc1ncnc2c1ncn2[C@H]1C[C@H](C)[C@@H](CC)O1.[Y]. The molecule has 0 aliphatic carbocycles. The largest absolute Gasteiger partial charge is 0.381 e. The van der Waals surface area contributed by atoms with Crippen LogP contribution in [0.4, 0.5) is 5.82 Å². The molecule has 0 bridgehead atoms. The summed E-state index contributed by atoms with van der Waals surface area (Å²) in [4.78, 5) is 13.1. The standard InChI is InChI=1S/C16H22N5O.Y/c1-4-6-7-17-15-14-16(19-9-18-15)21(10-20-14)13-8-11(3)12(5-2)22-13;/h4,6,9-13H,1,5,7-8H2,2-3H3,(H,17,18,19);/q-1;/b6-4+;/t11-,12+,13+;/m0./s1. The molecule has 1 aliphatic heterocycles. The summed E-state index contributed by atoms with van der Waals surface area (Å²) in [7, 11) is 0. The van der Waals surface area contributed by atoms with Crippen LogP contribution in [0.25, 0.3) is 11.2 Å². The first kappa shape index (κ1) is 18.4. The number of hydrogen-bond donors (Lipinski definition) is 1. The van der Waals surface area contributed by atoms with E-state index in [4.69, 9.17) is 4.74 Å². The summed E-state index contributed by atoms with van der Waals surface area (Å²) in [6.45, 7) is 8.73. The predicted molar refractivity (Wildman–Crippen MR) is 86.3 cm³/mol. The molecule has 3 heterocycles. The van der Waals surface area contributed by atoms with Gasteiger partial charge in [0.15, 0.2) is 11.5 Å². The molecule has 0 amide bonds. The fourth-order valence-electron chi connectivity index (χ4n) is 2.97. The van der Waals surface area contributed by atoms with Crippen LogP contribution in [0, 0.1) is 12.8 Å². The number of rotatable bonds is 5. The molecule has 23 heavy (non-hydrogen) atoms. The monoisotopic (exact) mass is 389 g/mol. The van der Waals surface area contributed by atoms with Crippen LogP contribution in [0.15, 0.2) is 24.8 Å². The topological polar surface area (TPSA) is 64.9 Å². The molecule has 0 aromatic carbocycles. The normalized spacial score (nSPS) is 24.2. The first-order valence-corrected chi connectivity index (χ1v) is 7.75. The Morgan fingerprint density at radius 2 is 2.26 bits per heavy atom. The Morgan fingerprint density at radius 1 is 1.43 bits per heavy atom. The Hall–Kier alpha value is -0.976. The third kappa shape index (κ3) is 3.75. The molecule has 1 fully saturated rings. The van der Waals surface area contributed by atoms with Crippen molar-refractivity contribution in [1.29, 1.82) is 0 Å². The maximum atomic E-state index is 6.14. The van der Waals surface area contributed by atoms with Crippen molar-refractivity contribution < 1.29 is 37.4 Å². The van der Waals surface area contributed by atoms with Crippen molar-refractivity contribution in [2.45, 2.75) is 39.0 Å². The third-order valence-electron chi connectivity index (χ3n) is 4.17. The molecule has 0 saturated carbocycles. The van der Waals surface area contributed by atoms with Gasteiger partial charge in [0, 0.05) is 32.7 Å². The summed E-state index contributed by atoms with van der Waals surface area (Å²) in [6, 6.07) is 0. The molecule has 0 unspecified atom stereocenters. The first-order valence-electron chi connectivity index (χ1n) is 7.75. The molecule has 1 radical (unpaired) electrons. The second-order valence-corrected chi connectivity index (χ2v) is 5.65. The van der Waals surface area contributed by atoms with Crippen LogP contribution < -0.4 is 5.32 Å². The Labute approximate surface area is 162 Å². The second kappa shape index (κ2) is 8.22. The van der Waals surface area contributed by atoms with Gasteiger partial charge < -0.3 is 10.1 Å². The molecule has 3 rings (SSSR count). The zero-order valence-electron chi connectivity index (χ0n) is 13.6. The van der Waals surface area contributed by atoms with Gasteiger partial charge in [-0.05, 0) is 25.3 Å². The van der Waals surface area contributed by atoms with E-state index < -0.39 is 0 Å². The van der Waals surface area contributed by atoms with Gasteiger partial charge in [-0.15, -0.1) is 0 Å². The number of hydrogen-bond acceptors (Lipinski definition) is 5. The number of aromatic nitrogens is 4. The Bertz CT molecular complexity index is 672. The minimum Gasteiger partial charge on any atom is -0.381 e.